The smallest absolute Gasteiger partial charge is 0.227 e. The van der Waals surface area contributed by atoms with Crippen molar-refractivity contribution in [3.63, 3.8) is 0 Å². The summed E-state index contributed by atoms with van der Waals surface area (Å²) >= 11 is 0. The largest absolute Gasteiger partial charge is 0.394 e. The average Bonchev–Trinajstić information content (AvgIpc) is 2.40. The van der Waals surface area contributed by atoms with Crippen molar-refractivity contribution in [3.05, 3.63) is 23.8 Å². The van der Waals surface area contributed by atoms with Gasteiger partial charge in [0.15, 0.2) is 0 Å². The summed E-state index contributed by atoms with van der Waals surface area (Å²) in [5, 5.41) is 12.7. The summed E-state index contributed by atoms with van der Waals surface area (Å²) in [6.45, 7) is 4.28. The highest BCUT2D eigenvalue weighted by Crippen LogP contribution is 2.29. The maximum absolute atomic E-state index is 11.6. The van der Waals surface area contributed by atoms with E-state index in [2.05, 4.69) is 25.2 Å². The summed E-state index contributed by atoms with van der Waals surface area (Å²) in [4.78, 5) is 13.3. The van der Waals surface area contributed by atoms with Crippen LogP contribution in [0.1, 0.15) is 25.8 Å². The van der Waals surface area contributed by atoms with Crippen LogP contribution in [0.25, 0.3) is 0 Å². The van der Waals surface area contributed by atoms with E-state index >= 15 is 0 Å². The lowest BCUT2D eigenvalue weighted by Gasteiger charge is -2.27. The SMILES string of the molecule is CC(C)C(CO)Nc1ccc2c(c1)CCC(=O)N2C. The van der Waals surface area contributed by atoms with E-state index in [1.54, 1.807) is 4.90 Å². The van der Waals surface area contributed by atoms with Gasteiger partial charge in [-0.25, -0.2) is 0 Å². The van der Waals surface area contributed by atoms with Crippen LogP contribution < -0.4 is 10.2 Å². The number of benzene rings is 1. The molecule has 2 N–H and O–H groups in total. The quantitative estimate of drug-likeness (QED) is 0.873. The Morgan fingerprint density at radius 1 is 1.37 bits per heavy atom. The van der Waals surface area contributed by atoms with Crippen molar-refractivity contribution in [3.8, 4) is 0 Å². The first-order valence-corrected chi connectivity index (χ1v) is 6.79. The van der Waals surface area contributed by atoms with Gasteiger partial charge in [-0.15, -0.1) is 0 Å². The Hall–Kier alpha value is -1.55. The Morgan fingerprint density at radius 2 is 2.11 bits per heavy atom. The second kappa shape index (κ2) is 5.61. The van der Waals surface area contributed by atoms with Crippen LogP contribution in [0.2, 0.25) is 0 Å². The van der Waals surface area contributed by atoms with E-state index in [1.165, 1.54) is 5.56 Å². The number of aliphatic hydroxyl groups excluding tert-OH is 1. The molecule has 1 aliphatic rings. The molecule has 4 nitrogen and oxygen atoms in total. The van der Waals surface area contributed by atoms with Crippen molar-refractivity contribution in [1.82, 2.24) is 0 Å². The molecular formula is C15H22N2O2. The predicted octanol–water partition coefficient (Wildman–Crippen LogP) is 2.02. The Balaban J connectivity index is 2.20. The van der Waals surface area contributed by atoms with Crippen LogP contribution in [-0.2, 0) is 11.2 Å². The van der Waals surface area contributed by atoms with Gasteiger partial charge in [0.2, 0.25) is 5.91 Å². The van der Waals surface area contributed by atoms with Crippen LogP contribution in [0.5, 0.6) is 0 Å². The second-order valence-corrected chi connectivity index (χ2v) is 5.47. The van der Waals surface area contributed by atoms with Crippen molar-refractivity contribution in [1.29, 1.82) is 0 Å². The molecule has 4 heteroatoms. The van der Waals surface area contributed by atoms with Crippen molar-refractivity contribution in [2.75, 3.05) is 23.9 Å². The molecule has 0 radical (unpaired) electrons. The minimum atomic E-state index is 0.0565. The molecule has 0 bridgehead atoms. The third-order valence-electron chi connectivity index (χ3n) is 3.78. The van der Waals surface area contributed by atoms with Crippen molar-refractivity contribution in [2.45, 2.75) is 32.7 Å². The number of amides is 1. The normalized spacial score (nSPS) is 16.5. The summed E-state index contributed by atoms with van der Waals surface area (Å²) in [5.74, 6) is 0.536. The van der Waals surface area contributed by atoms with Crippen LogP contribution in [0.15, 0.2) is 18.2 Å². The molecule has 1 heterocycles. The molecule has 19 heavy (non-hydrogen) atoms. The van der Waals surface area contributed by atoms with Gasteiger partial charge in [-0.05, 0) is 36.1 Å². The summed E-state index contributed by atoms with van der Waals surface area (Å²) in [6, 6.07) is 6.09. The highest BCUT2D eigenvalue weighted by atomic mass is 16.3. The van der Waals surface area contributed by atoms with E-state index in [0.717, 1.165) is 17.8 Å². The Kier molecular flexibility index (Phi) is 4.10. The molecule has 0 fully saturated rings. The molecule has 0 saturated heterocycles. The molecule has 1 unspecified atom stereocenters. The number of aryl methyl sites for hydroxylation is 1. The minimum Gasteiger partial charge on any atom is -0.394 e. The zero-order chi connectivity index (χ0) is 14.0. The van der Waals surface area contributed by atoms with E-state index in [9.17, 15) is 9.90 Å². The fourth-order valence-electron chi connectivity index (χ4n) is 2.38. The van der Waals surface area contributed by atoms with Gasteiger partial charge >= 0.3 is 0 Å². The lowest BCUT2D eigenvalue weighted by Crippen LogP contribution is -2.32. The molecule has 0 aromatic heterocycles. The number of carbonyl (C=O) groups is 1. The molecule has 1 amide bonds. The van der Waals surface area contributed by atoms with Crippen molar-refractivity contribution < 1.29 is 9.90 Å². The zero-order valence-corrected chi connectivity index (χ0v) is 11.8. The standard InChI is InChI=1S/C15H22N2O2/c1-10(2)13(9-18)16-12-5-6-14-11(8-12)4-7-15(19)17(14)3/h5-6,8,10,13,16,18H,4,7,9H2,1-3H3. The van der Waals surface area contributed by atoms with Gasteiger partial charge in [-0.2, -0.15) is 0 Å². The number of rotatable bonds is 4. The third-order valence-corrected chi connectivity index (χ3v) is 3.78. The molecule has 2 rings (SSSR count). The lowest BCUT2D eigenvalue weighted by atomic mass is 10.00. The first-order chi connectivity index (χ1) is 9.02. The van der Waals surface area contributed by atoms with E-state index in [1.807, 2.05) is 19.2 Å². The zero-order valence-electron chi connectivity index (χ0n) is 11.8. The Bertz CT molecular complexity index is 471. The van der Waals surface area contributed by atoms with Gasteiger partial charge in [0.05, 0.1) is 12.6 Å². The molecule has 1 aromatic rings. The fourth-order valence-corrected chi connectivity index (χ4v) is 2.38. The van der Waals surface area contributed by atoms with E-state index < -0.39 is 0 Å². The van der Waals surface area contributed by atoms with Gasteiger partial charge in [-0.1, -0.05) is 13.8 Å². The lowest BCUT2D eigenvalue weighted by molar-refractivity contribution is -0.118. The molecule has 1 aliphatic heterocycles. The number of hydrogen-bond donors (Lipinski definition) is 2. The number of anilines is 2. The summed E-state index contributed by atoms with van der Waals surface area (Å²) in [5.41, 5.74) is 3.19. The Labute approximate surface area is 114 Å². The van der Waals surface area contributed by atoms with Crippen molar-refractivity contribution >= 4 is 17.3 Å². The van der Waals surface area contributed by atoms with Gasteiger partial charge in [0.25, 0.3) is 0 Å². The number of nitrogens with one attached hydrogen (secondary N) is 1. The summed E-state index contributed by atoms with van der Waals surface area (Å²) < 4.78 is 0. The van der Waals surface area contributed by atoms with Crippen molar-refractivity contribution in [2.24, 2.45) is 5.92 Å². The van der Waals surface area contributed by atoms with Crippen LogP contribution in [0.3, 0.4) is 0 Å². The van der Waals surface area contributed by atoms with Crippen LogP contribution in [-0.4, -0.2) is 30.7 Å². The minimum absolute atomic E-state index is 0.0565. The van der Waals surface area contributed by atoms with E-state index in [4.69, 9.17) is 0 Å². The van der Waals surface area contributed by atoms with Gasteiger partial charge < -0.3 is 15.3 Å². The van der Waals surface area contributed by atoms with Gasteiger partial charge in [0, 0.05) is 24.8 Å². The monoisotopic (exact) mass is 262 g/mol. The first kappa shape index (κ1) is 13.9. The molecule has 0 spiro atoms. The van der Waals surface area contributed by atoms with Gasteiger partial charge in [0.1, 0.15) is 0 Å². The van der Waals surface area contributed by atoms with Gasteiger partial charge in [-0.3, -0.25) is 4.79 Å². The number of nitrogens with zero attached hydrogens (tertiary/aromatic N) is 1. The molecular weight excluding hydrogens is 240 g/mol. The van der Waals surface area contributed by atoms with Crippen LogP contribution in [0.4, 0.5) is 11.4 Å². The summed E-state index contributed by atoms with van der Waals surface area (Å²) in [7, 11) is 1.82. The first-order valence-electron chi connectivity index (χ1n) is 6.79. The molecule has 104 valence electrons. The predicted molar refractivity (Wildman–Crippen MR) is 77.5 cm³/mol. The molecule has 1 aromatic carbocycles. The molecule has 1 atom stereocenters. The number of aliphatic hydroxyl groups is 1. The second-order valence-electron chi connectivity index (χ2n) is 5.47. The van der Waals surface area contributed by atoms with E-state index in [-0.39, 0.29) is 18.6 Å². The average molecular weight is 262 g/mol. The third kappa shape index (κ3) is 2.89. The number of hydrogen-bond acceptors (Lipinski definition) is 3. The maximum Gasteiger partial charge on any atom is 0.227 e. The van der Waals surface area contributed by atoms with E-state index in [0.29, 0.717) is 12.3 Å². The fraction of sp³-hybridized carbons (Fsp3) is 0.533. The molecule has 0 saturated carbocycles. The van der Waals surface area contributed by atoms with Crippen LogP contribution >= 0.6 is 0 Å². The Morgan fingerprint density at radius 3 is 2.74 bits per heavy atom. The summed E-state index contributed by atoms with van der Waals surface area (Å²) in [6.07, 6.45) is 1.36. The number of carbonyl (C=O) groups excluding carboxylic acids is 1. The maximum atomic E-state index is 11.6. The molecule has 0 aliphatic carbocycles. The highest BCUT2D eigenvalue weighted by Gasteiger charge is 2.21. The topological polar surface area (TPSA) is 52.6 Å². The number of fused-ring (bicyclic) bond motifs is 1. The highest BCUT2D eigenvalue weighted by molar-refractivity contribution is 5.96. The van der Waals surface area contributed by atoms with Crippen LogP contribution in [0, 0.1) is 5.92 Å².